The van der Waals surface area contributed by atoms with Gasteiger partial charge in [-0.25, -0.2) is 0 Å². The molecule has 2 N–H and O–H groups in total. The maximum absolute atomic E-state index is 12.3. The van der Waals surface area contributed by atoms with Crippen LogP contribution in [0.5, 0.6) is 5.75 Å². The molecule has 0 atom stereocenters. The first kappa shape index (κ1) is 16.1. The van der Waals surface area contributed by atoms with E-state index in [2.05, 4.69) is 10.6 Å². The van der Waals surface area contributed by atoms with Crippen LogP contribution >= 0.6 is 11.6 Å². The first-order valence-corrected chi connectivity index (χ1v) is 7.97. The highest BCUT2D eigenvalue weighted by Crippen LogP contribution is 2.28. The van der Waals surface area contributed by atoms with E-state index in [9.17, 15) is 4.79 Å². The van der Waals surface area contributed by atoms with Gasteiger partial charge in [-0.2, -0.15) is 0 Å². The van der Waals surface area contributed by atoms with E-state index in [0.717, 1.165) is 25.8 Å². The molecule has 1 aliphatic rings. The van der Waals surface area contributed by atoms with Crippen molar-refractivity contribution < 1.29 is 9.53 Å². The molecule has 0 bridgehead atoms. The molecule has 0 heterocycles. The van der Waals surface area contributed by atoms with E-state index in [-0.39, 0.29) is 12.0 Å². The van der Waals surface area contributed by atoms with Gasteiger partial charge < -0.3 is 15.4 Å². The van der Waals surface area contributed by atoms with Gasteiger partial charge in [0.1, 0.15) is 5.75 Å². The first-order valence-electron chi connectivity index (χ1n) is 7.59. The van der Waals surface area contributed by atoms with Crippen LogP contribution in [0.25, 0.3) is 0 Å². The molecule has 1 amide bonds. The van der Waals surface area contributed by atoms with E-state index < -0.39 is 0 Å². The molecule has 1 saturated carbocycles. The average Bonchev–Trinajstić information content (AvgIpc) is 2.98. The van der Waals surface area contributed by atoms with Crippen molar-refractivity contribution in [3.63, 3.8) is 0 Å². The van der Waals surface area contributed by atoms with Crippen LogP contribution < -0.4 is 15.4 Å². The minimum atomic E-state index is -0.124. The molecule has 5 heteroatoms. The molecule has 0 saturated heterocycles. The van der Waals surface area contributed by atoms with E-state index >= 15 is 0 Å². The van der Waals surface area contributed by atoms with Gasteiger partial charge in [-0.15, -0.1) is 0 Å². The third-order valence-corrected chi connectivity index (χ3v) is 3.91. The highest BCUT2D eigenvalue weighted by molar-refractivity contribution is 6.31. The van der Waals surface area contributed by atoms with Crippen molar-refractivity contribution >= 4 is 17.5 Å². The number of carbonyl (C=O) groups is 1. The normalized spacial score (nSPS) is 15.1. The van der Waals surface area contributed by atoms with Crippen molar-refractivity contribution in [2.24, 2.45) is 0 Å². The molecule has 1 aromatic carbocycles. The molecule has 0 aromatic heterocycles. The molecular formula is C16H23ClN2O2. The summed E-state index contributed by atoms with van der Waals surface area (Å²) in [7, 11) is 1.90. The third kappa shape index (κ3) is 4.90. The standard InChI is InChI=1S/C16H23ClN2O2/c1-18-9-4-10-19-16(20)14-11-12(17)7-8-15(14)21-13-5-2-3-6-13/h7-8,11,13,18H,2-6,9-10H2,1H3,(H,19,20). The highest BCUT2D eigenvalue weighted by Gasteiger charge is 2.20. The van der Waals surface area contributed by atoms with Gasteiger partial charge in [-0.05, 0) is 63.9 Å². The van der Waals surface area contributed by atoms with Crippen LogP contribution in [-0.4, -0.2) is 32.1 Å². The Morgan fingerprint density at radius 2 is 2.10 bits per heavy atom. The van der Waals surface area contributed by atoms with Crippen molar-refractivity contribution in [2.75, 3.05) is 20.1 Å². The summed E-state index contributed by atoms with van der Waals surface area (Å²) >= 11 is 6.02. The van der Waals surface area contributed by atoms with Gasteiger partial charge in [-0.3, -0.25) is 4.79 Å². The summed E-state index contributed by atoms with van der Waals surface area (Å²) in [5.41, 5.74) is 0.527. The van der Waals surface area contributed by atoms with Crippen molar-refractivity contribution in [2.45, 2.75) is 38.2 Å². The SMILES string of the molecule is CNCCCNC(=O)c1cc(Cl)ccc1OC1CCCC1. The predicted octanol–water partition coefficient (Wildman–Crippen LogP) is 3.00. The summed E-state index contributed by atoms with van der Waals surface area (Å²) in [4.78, 5) is 12.3. The summed E-state index contributed by atoms with van der Waals surface area (Å²) < 4.78 is 5.98. The predicted molar refractivity (Wildman–Crippen MR) is 85.2 cm³/mol. The molecule has 1 aliphatic carbocycles. The third-order valence-electron chi connectivity index (χ3n) is 3.67. The van der Waals surface area contributed by atoms with Crippen LogP contribution in [0.4, 0.5) is 0 Å². The van der Waals surface area contributed by atoms with Crippen molar-refractivity contribution in [3.8, 4) is 5.75 Å². The molecule has 4 nitrogen and oxygen atoms in total. The van der Waals surface area contributed by atoms with E-state index in [0.29, 0.717) is 22.9 Å². The van der Waals surface area contributed by atoms with Crippen LogP contribution in [0.1, 0.15) is 42.5 Å². The van der Waals surface area contributed by atoms with E-state index in [1.807, 2.05) is 7.05 Å². The Hall–Kier alpha value is -1.26. The van der Waals surface area contributed by atoms with Gasteiger partial charge in [0.05, 0.1) is 11.7 Å². The number of ether oxygens (including phenoxy) is 1. The van der Waals surface area contributed by atoms with Gasteiger partial charge in [0.25, 0.3) is 5.91 Å². The van der Waals surface area contributed by atoms with Crippen LogP contribution in [0.2, 0.25) is 5.02 Å². The second-order valence-corrected chi connectivity index (χ2v) is 5.81. The van der Waals surface area contributed by atoms with E-state index in [1.54, 1.807) is 18.2 Å². The molecule has 1 aromatic rings. The number of nitrogens with one attached hydrogen (secondary N) is 2. The second-order valence-electron chi connectivity index (χ2n) is 5.38. The average molecular weight is 311 g/mol. The van der Waals surface area contributed by atoms with Crippen LogP contribution in [-0.2, 0) is 0 Å². The number of hydrogen-bond acceptors (Lipinski definition) is 3. The molecule has 2 rings (SSSR count). The Morgan fingerprint density at radius 3 is 2.81 bits per heavy atom. The summed E-state index contributed by atoms with van der Waals surface area (Å²) in [5.74, 6) is 0.513. The highest BCUT2D eigenvalue weighted by atomic mass is 35.5. The van der Waals surface area contributed by atoms with Crippen LogP contribution in [0.3, 0.4) is 0 Å². The number of halogens is 1. The monoisotopic (exact) mass is 310 g/mol. The van der Waals surface area contributed by atoms with Crippen molar-refractivity contribution in [1.29, 1.82) is 0 Å². The van der Waals surface area contributed by atoms with Gasteiger partial charge >= 0.3 is 0 Å². The van der Waals surface area contributed by atoms with E-state index in [4.69, 9.17) is 16.3 Å². The summed E-state index contributed by atoms with van der Waals surface area (Å²) in [5, 5.41) is 6.51. The number of rotatable bonds is 7. The summed E-state index contributed by atoms with van der Waals surface area (Å²) in [6.07, 6.45) is 5.63. The minimum Gasteiger partial charge on any atom is -0.490 e. The zero-order valence-electron chi connectivity index (χ0n) is 12.5. The smallest absolute Gasteiger partial charge is 0.255 e. The molecule has 21 heavy (non-hydrogen) atoms. The largest absolute Gasteiger partial charge is 0.490 e. The molecule has 0 aliphatic heterocycles. The van der Waals surface area contributed by atoms with Crippen LogP contribution in [0, 0.1) is 0 Å². The van der Waals surface area contributed by atoms with Crippen molar-refractivity contribution in [1.82, 2.24) is 10.6 Å². The van der Waals surface area contributed by atoms with Gasteiger partial charge in [0.2, 0.25) is 0 Å². The van der Waals surface area contributed by atoms with Gasteiger partial charge in [0, 0.05) is 11.6 Å². The second kappa shape index (κ2) is 8.25. The molecule has 1 fully saturated rings. The topological polar surface area (TPSA) is 50.4 Å². The maximum atomic E-state index is 12.3. The summed E-state index contributed by atoms with van der Waals surface area (Å²) in [6.45, 7) is 1.51. The Balaban J connectivity index is 2.01. The molecule has 0 radical (unpaired) electrons. The maximum Gasteiger partial charge on any atom is 0.255 e. The first-order chi connectivity index (χ1) is 10.2. The Labute approximate surface area is 131 Å². The molecular weight excluding hydrogens is 288 g/mol. The quantitative estimate of drug-likeness (QED) is 0.761. The molecule has 0 spiro atoms. The molecule has 116 valence electrons. The molecule has 0 unspecified atom stereocenters. The number of benzene rings is 1. The summed E-state index contributed by atoms with van der Waals surface area (Å²) in [6, 6.07) is 5.24. The van der Waals surface area contributed by atoms with Gasteiger partial charge in [-0.1, -0.05) is 11.6 Å². The lowest BCUT2D eigenvalue weighted by atomic mass is 10.1. The van der Waals surface area contributed by atoms with Crippen molar-refractivity contribution in [3.05, 3.63) is 28.8 Å². The fourth-order valence-electron chi connectivity index (χ4n) is 2.53. The zero-order valence-corrected chi connectivity index (χ0v) is 13.2. The Morgan fingerprint density at radius 1 is 1.33 bits per heavy atom. The Kier molecular flexibility index (Phi) is 6.33. The minimum absolute atomic E-state index is 0.124. The fraction of sp³-hybridized carbons (Fsp3) is 0.562. The Bertz CT molecular complexity index is 473. The number of amides is 1. The lowest BCUT2D eigenvalue weighted by Gasteiger charge is -2.16. The lowest BCUT2D eigenvalue weighted by Crippen LogP contribution is -2.27. The van der Waals surface area contributed by atoms with E-state index in [1.165, 1.54) is 12.8 Å². The fourth-order valence-corrected chi connectivity index (χ4v) is 2.70. The lowest BCUT2D eigenvalue weighted by molar-refractivity contribution is 0.0946. The van der Waals surface area contributed by atoms with Gasteiger partial charge in [0.15, 0.2) is 0 Å². The number of hydrogen-bond donors (Lipinski definition) is 2. The number of carbonyl (C=O) groups excluding carboxylic acids is 1. The van der Waals surface area contributed by atoms with Crippen LogP contribution in [0.15, 0.2) is 18.2 Å². The zero-order chi connectivity index (χ0) is 15.1.